The van der Waals surface area contributed by atoms with Crippen LogP contribution < -0.4 is 5.32 Å². The average Bonchev–Trinajstić information content (AvgIpc) is 2.84. The van der Waals surface area contributed by atoms with E-state index in [1.165, 1.54) is 49.3 Å². The lowest BCUT2D eigenvalue weighted by Crippen LogP contribution is -2.19. The van der Waals surface area contributed by atoms with E-state index in [0.717, 1.165) is 60.5 Å². The molecule has 0 aliphatic heterocycles. The first-order valence-electron chi connectivity index (χ1n) is 12.7. The largest absolute Gasteiger partial charge is 0.516 e. The van der Waals surface area contributed by atoms with Crippen LogP contribution in [0.2, 0.25) is 0 Å². The van der Waals surface area contributed by atoms with Crippen molar-refractivity contribution in [2.24, 2.45) is 5.92 Å². The Morgan fingerprint density at radius 2 is 1.91 bits per heavy atom. The molecule has 0 radical (unpaired) electrons. The number of hydrogen-bond donors (Lipinski definition) is 2. The summed E-state index contributed by atoms with van der Waals surface area (Å²) in [5.74, 6) is 1.22. The van der Waals surface area contributed by atoms with Gasteiger partial charge in [0, 0.05) is 5.57 Å². The summed E-state index contributed by atoms with van der Waals surface area (Å²) in [7, 11) is 0. The number of fused-ring (bicyclic) bond motifs is 1. The van der Waals surface area contributed by atoms with E-state index in [2.05, 4.69) is 24.4 Å². The molecule has 0 aromatic carbocycles. The van der Waals surface area contributed by atoms with Crippen LogP contribution in [0, 0.1) is 5.92 Å². The molecule has 1 heterocycles. The second kappa shape index (κ2) is 13.1. The van der Waals surface area contributed by atoms with E-state index in [-0.39, 0.29) is 12.3 Å². The summed E-state index contributed by atoms with van der Waals surface area (Å²) in [4.78, 5) is 23.0. The molecular weight excluding hydrogens is 422 g/mol. The highest BCUT2D eigenvalue weighted by Crippen LogP contribution is 2.33. The fraction of sp³-hybridized carbons (Fsp3) is 0.483. The van der Waals surface area contributed by atoms with Crippen LogP contribution in [0.25, 0.3) is 5.57 Å². The van der Waals surface area contributed by atoms with Crippen LogP contribution in [0.3, 0.4) is 0 Å². The standard InChI is InChI=1S/C29H39N3O2/c1-4-10-23(14-9-19-33)20-27(34)32-29-26(18-16-22-12-7-6-8-13-22)30-28-24(11-5-2)21(3)15-17-25(28)31-29/h4-5,9-11,14,19,22,33H,6-8,12-13,15-18,20H2,1-3H3,(H,31,32,34)/b10-4-,11-5-,19-9+,23-14+. The van der Waals surface area contributed by atoms with Gasteiger partial charge in [0.05, 0.1) is 29.8 Å². The number of rotatable bonds is 9. The van der Waals surface area contributed by atoms with Crippen molar-refractivity contribution in [3.05, 3.63) is 70.9 Å². The van der Waals surface area contributed by atoms with Gasteiger partial charge in [0.1, 0.15) is 0 Å². The zero-order chi connectivity index (χ0) is 24.3. The van der Waals surface area contributed by atoms with Gasteiger partial charge in [-0.15, -0.1) is 0 Å². The van der Waals surface area contributed by atoms with Gasteiger partial charge in [0.25, 0.3) is 0 Å². The monoisotopic (exact) mass is 461 g/mol. The molecular formula is C29H39N3O2. The molecule has 3 rings (SSSR count). The Kier molecular flexibility index (Phi) is 9.87. The third-order valence-electron chi connectivity index (χ3n) is 6.74. The fourth-order valence-corrected chi connectivity index (χ4v) is 4.93. The van der Waals surface area contributed by atoms with Crippen LogP contribution in [0.15, 0.2) is 53.9 Å². The molecule has 5 nitrogen and oxygen atoms in total. The minimum absolute atomic E-state index is 0.125. The van der Waals surface area contributed by atoms with E-state index < -0.39 is 0 Å². The minimum atomic E-state index is -0.125. The highest BCUT2D eigenvalue weighted by Gasteiger charge is 2.23. The first kappa shape index (κ1) is 25.7. The van der Waals surface area contributed by atoms with Gasteiger partial charge in [-0.1, -0.05) is 68.1 Å². The number of allylic oxidation sites excluding steroid dienone is 8. The maximum absolute atomic E-state index is 12.9. The normalized spacial score (nSPS) is 17.8. The van der Waals surface area contributed by atoms with E-state index in [4.69, 9.17) is 15.1 Å². The highest BCUT2D eigenvalue weighted by molar-refractivity contribution is 5.92. The molecule has 5 heteroatoms. The Hall–Kier alpha value is -2.95. The van der Waals surface area contributed by atoms with Crippen molar-refractivity contribution in [1.82, 2.24) is 9.97 Å². The molecule has 0 spiro atoms. The molecule has 0 saturated heterocycles. The minimum Gasteiger partial charge on any atom is -0.516 e. The van der Waals surface area contributed by atoms with Crippen LogP contribution in [-0.2, 0) is 17.6 Å². The zero-order valence-corrected chi connectivity index (χ0v) is 20.9. The number of nitrogens with zero attached hydrogens (tertiary/aromatic N) is 2. The van der Waals surface area contributed by atoms with Crippen molar-refractivity contribution in [1.29, 1.82) is 0 Å². The predicted molar refractivity (Wildman–Crippen MR) is 141 cm³/mol. The lowest BCUT2D eigenvalue weighted by molar-refractivity contribution is -0.115. The van der Waals surface area contributed by atoms with Gasteiger partial charge < -0.3 is 10.4 Å². The molecule has 1 fully saturated rings. The Bertz CT molecular complexity index is 1010. The van der Waals surface area contributed by atoms with Crippen molar-refractivity contribution < 1.29 is 9.90 Å². The lowest BCUT2D eigenvalue weighted by Gasteiger charge is -2.23. The molecule has 1 aromatic rings. The summed E-state index contributed by atoms with van der Waals surface area (Å²) >= 11 is 0. The number of nitrogens with one attached hydrogen (secondary N) is 1. The van der Waals surface area contributed by atoms with Crippen molar-refractivity contribution in [3.63, 3.8) is 0 Å². The van der Waals surface area contributed by atoms with Crippen LogP contribution in [0.4, 0.5) is 5.82 Å². The van der Waals surface area contributed by atoms with E-state index >= 15 is 0 Å². The summed E-state index contributed by atoms with van der Waals surface area (Å²) in [6.07, 6.45) is 22.7. The van der Waals surface area contributed by atoms with Gasteiger partial charge >= 0.3 is 0 Å². The van der Waals surface area contributed by atoms with Crippen molar-refractivity contribution in [2.45, 2.75) is 85.0 Å². The maximum atomic E-state index is 12.9. The number of carbonyl (C=O) groups is 1. The van der Waals surface area contributed by atoms with E-state index in [0.29, 0.717) is 5.82 Å². The average molecular weight is 462 g/mol. The Morgan fingerprint density at radius 3 is 2.62 bits per heavy atom. The van der Waals surface area contributed by atoms with Gasteiger partial charge in [-0.25, -0.2) is 9.97 Å². The third-order valence-corrected chi connectivity index (χ3v) is 6.74. The molecule has 0 atom stereocenters. The zero-order valence-electron chi connectivity index (χ0n) is 20.9. The number of hydrogen-bond acceptors (Lipinski definition) is 4. The first-order chi connectivity index (χ1) is 16.5. The summed E-state index contributed by atoms with van der Waals surface area (Å²) in [6, 6.07) is 0. The molecule has 1 amide bonds. The van der Waals surface area contributed by atoms with Crippen molar-refractivity contribution in [2.75, 3.05) is 5.32 Å². The highest BCUT2D eigenvalue weighted by atomic mass is 16.2. The lowest BCUT2D eigenvalue weighted by atomic mass is 9.85. The molecule has 2 aliphatic carbocycles. The number of aliphatic hydroxyl groups is 1. The molecule has 0 unspecified atom stereocenters. The van der Waals surface area contributed by atoms with Crippen LogP contribution >= 0.6 is 0 Å². The molecule has 34 heavy (non-hydrogen) atoms. The van der Waals surface area contributed by atoms with E-state index in [1.54, 1.807) is 6.08 Å². The Morgan fingerprint density at radius 1 is 1.12 bits per heavy atom. The third kappa shape index (κ3) is 7.02. The number of carbonyl (C=O) groups excluding carboxylic acids is 1. The quantitative estimate of drug-likeness (QED) is 0.301. The number of anilines is 1. The summed E-state index contributed by atoms with van der Waals surface area (Å²) < 4.78 is 0. The number of aromatic nitrogens is 2. The molecule has 2 aliphatic rings. The predicted octanol–water partition coefficient (Wildman–Crippen LogP) is 7.19. The maximum Gasteiger partial charge on any atom is 0.229 e. The first-order valence-corrected chi connectivity index (χ1v) is 12.7. The summed E-state index contributed by atoms with van der Waals surface area (Å²) in [5, 5.41) is 12.0. The Balaban J connectivity index is 1.89. The Labute approximate surface area is 204 Å². The molecule has 1 saturated carbocycles. The molecule has 0 bridgehead atoms. The summed E-state index contributed by atoms with van der Waals surface area (Å²) in [6.45, 7) is 6.11. The second-order valence-corrected chi connectivity index (χ2v) is 9.36. The molecule has 2 N–H and O–H groups in total. The SMILES string of the molecule is C/C=C\C1=C(C)CCc2nc(NC(=O)CC(/C=C\C)=C/C=C/O)c(CCC3CCCCC3)nc21. The van der Waals surface area contributed by atoms with Gasteiger partial charge in [-0.05, 0) is 64.0 Å². The number of aliphatic hydroxyl groups excluding tert-OH is 1. The number of amides is 1. The van der Waals surface area contributed by atoms with Crippen LogP contribution in [0.5, 0.6) is 0 Å². The van der Waals surface area contributed by atoms with Gasteiger partial charge in [-0.3, -0.25) is 4.79 Å². The van der Waals surface area contributed by atoms with Crippen molar-refractivity contribution in [3.8, 4) is 0 Å². The van der Waals surface area contributed by atoms with Crippen molar-refractivity contribution >= 4 is 17.3 Å². The van der Waals surface area contributed by atoms with Crippen LogP contribution in [-0.4, -0.2) is 21.0 Å². The fourth-order valence-electron chi connectivity index (χ4n) is 4.93. The van der Waals surface area contributed by atoms with Gasteiger partial charge in [-0.2, -0.15) is 0 Å². The van der Waals surface area contributed by atoms with E-state index in [1.807, 2.05) is 26.0 Å². The summed E-state index contributed by atoms with van der Waals surface area (Å²) in [5.41, 5.74) is 6.15. The molecule has 182 valence electrons. The smallest absolute Gasteiger partial charge is 0.229 e. The molecule has 1 aromatic heterocycles. The second-order valence-electron chi connectivity index (χ2n) is 9.36. The van der Waals surface area contributed by atoms with E-state index in [9.17, 15) is 4.79 Å². The van der Waals surface area contributed by atoms with Crippen LogP contribution in [0.1, 0.15) is 89.2 Å². The number of aryl methyl sites for hydroxylation is 2. The topological polar surface area (TPSA) is 75.1 Å². The van der Waals surface area contributed by atoms with Gasteiger partial charge in [0.15, 0.2) is 5.82 Å². The van der Waals surface area contributed by atoms with Gasteiger partial charge in [0.2, 0.25) is 5.91 Å².